The molecule has 0 bridgehead atoms. The van der Waals surface area contributed by atoms with Gasteiger partial charge in [0.15, 0.2) is 0 Å². The Labute approximate surface area is 139 Å². The number of hydrogen-bond acceptors (Lipinski definition) is 2. The Balaban J connectivity index is 2.33. The molecule has 2 rings (SSSR count). The summed E-state index contributed by atoms with van der Waals surface area (Å²) in [4.78, 5) is 10.9. The van der Waals surface area contributed by atoms with Crippen LogP contribution in [0.25, 0.3) is 0 Å². The Morgan fingerprint density at radius 1 is 0.957 bits per heavy atom. The molecule has 0 aliphatic carbocycles. The SMILES string of the molecule is C[C@H](NC(C(C)(C)C)P(=O)(O)c1ccccc1)c1ccccc1. The van der Waals surface area contributed by atoms with E-state index in [0.717, 1.165) is 5.56 Å². The van der Waals surface area contributed by atoms with Crippen molar-refractivity contribution in [3.63, 3.8) is 0 Å². The predicted octanol–water partition coefficient (Wildman–Crippen LogP) is 4.31. The number of nitrogens with one attached hydrogen (secondary N) is 1. The summed E-state index contributed by atoms with van der Waals surface area (Å²) in [7, 11) is -3.56. The smallest absolute Gasteiger partial charge is 0.246 e. The van der Waals surface area contributed by atoms with Gasteiger partial charge in [-0.2, -0.15) is 0 Å². The van der Waals surface area contributed by atoms with E-state index in [1.807, 2.05) is 64.1 Å². The fraction of sp³-hybridized carbons (Fsp3) is 0.368. The minimum Gasteiger partial charge on any atom is -0.340 e. The third kappa shape index (κ3) is 4.32. The molecule has 2 unspecified atom stereocenters. The molecule has 2 aromatic rings. The van der Waals surface area contributed by atoms with Gasteiger partial charge in [-0.15, -0.1) is 0 Å². The van der Waals surface area contributed by atoms with Gasteiger partial charge in [0.05, 0.1) is 5.78 Å². The summed E-state index contributed by atoms with van der Waals surface area (Å²) in [5.74, 6) is -0.535. The fourth-order valence-electron chi connectivity index (χ4n) is 2.74. The highest BCUT2D eigenvalue weighted by atomic mass is 31.2. The summed E-state index contributed by atoms with van der Waals surface area (Å²) >= 11 is 0. The van der Waals surface area contributed by atoms with E-state index in [9.17, 15) is 9.46 Å². The second-order valence-corrected chi connectivity index (χ2v) is 9.30. The Bertz CT molecular complexity index is 665. The van der Waals surface area contributed by atoms with Gasteiger partial charge in [-0.3, -0.25) is 9.88 Å². The molecule has 2 aromatic carbocycles. The fourth-order valence-corrected chi connectivity index (χ4v) is 5.11. The standard InChI is InChI=1S/C19H26NO2P/c1-15(16-11-7-5-8-12-16)20-18(19(2,3)4)23(21,22)17-13-9-6-10-14-17/h5-15,18,20H,1-4H3,(H,21,22)/t15-,18?/m0/s1. The first-order valence-electron chi connectivity index (χ1n) is 7.92. The maximum absolute atomic E-state index is 13.2. The van der Waals surface area contributed by atoms with Crippen LogP contribution in [0.15, 0.2) is 60.7 Å². The van der Waals surface area contributed by atoms with Gasteiger partial charge in [-0.25, -0.2) is 0 Å². The van der Waals surface area contributed by atoms with E-state index in [4.69, 9.17) is 0 Å². The Morgan fingerprint density at radius 3 is 1.91 bits per heavy atom. The predicted molar refractivity (Wildman–Crippen MR) is 97.1 cm³/mol. The van der Waals surface area contributed by atoms with Crippen molar-refractivity contribution in [2.24, 2.45) is 5.41 Å². The van der Waals surface area contributed by atoms with Gasteiger partial charge in [0.1, 0.15) is 0 Å². The van der Waals surface area contributed by atoms with E-state index >= 15 is 0 Å². The van der Waals surface area contributed by atoms with Gasteiger partial charge in [0.25, 0.3) is 0 Å². The molecule has 0 aliphatic rings. The first-order chi connectivity index (χ1) is 10.7. The molecule has 0 heterocycles. The second kappa shape index (κ2) is 7.00. The summed E-state index contributed by atoms with van der Waals surface area (Å²) in [5, 5.41) is 3.89. The summed E-state index contributed by atoms with van der Waals surface area (Å²) in [6.07, 6.45) is 0. The van der Waals surface area contributed by atoms with Crippen LogP contribution in [-0.2, 0) is 4.57 Å². The Morgan fingerprint density at radius 2 is 1.43 bits per heavy atom. The monoisotopic (exact) mass is 331 g/mol. The Hall–Kier alpha value is -1.41. The van der Waals surface area contributed by atoms with Crippen LogP contribution in [-0.4, -0.2) is 10.7 Å². The Kier molecular flexibility index (Phi) is 5.46. The molecule has 0 fully saturated rings. The molecule has 0 aliphatic heterocycles. The highest BCUT2D eigenvalue weighted by molar-refractivity contribution is 7.66. The highest BCUT2D eigenvalue weighted by Crippen LogP contribution is 2.51. The minimum atomic E-state index is -3.56. The van der Waals surface area contributed by atoms with E-state index in [-0.39, 0.29) is 11.5 Å². The van der Waals surface area contributed by atoms with Crippen LogP contribution < -0.4 is 10.6 Å². The molecule has 0 aromatic heterocycles. The van der Waals surface area contributed by atoms with Gasteiger partial charge in [0.2, 0.25) is 7.37 Å². The first-order valence-corrected chi connectivity index (χ1v) is 9.65. The quantitative estimate of drug-likeness (QED) is 0.803. The third-order valence-electron chi connectivity index (χ3n) is 4.00. The van der Waals surface area contributed by atoms with Gasteiger partial charge in [-0.1, -0.05) is 69.3 Å². The highest BCUT2D eigenvalue weighted by Gasteiger charge is 2.41. The molecule has 0 radical (unpaired) electrons. The zero-order valence-corrected chi connectivity index (χ0v) is 15.1. The summed E-state index contributed by atoms with van der Waals surface area (Å²) in [6.45, 7) is 8.01. The molecule has 0 amide bonds. The van der Waals surface area contributed by atoms with Crippen molar-refractivity contribution in [2.45, 2.75) is 39.5 Å². The molecule has 3 nitrogen and oxygen atoms in total. The van der Waals surface area contributed by atoms with Crippen molar-refractivity contribution >= 4 is 12.7 Å². The van der Waals surface area contributed by atoms with Crippen molar-refractivity contribution in [1.29, 1.82) is 0 Å². The van der Waals surface area contributed by atoms with Crippen molar-refractivity contribution in [3.05, 3.63) is 66.2 Å². The summed E-state index contributed by atoms with van der Waals surface area (Å²) in [6, 6.07) is 18.9. The third-order valence-corrected chi connectivity index (χ3v) is 6.67. The van der Waals surface area contributed by atoms with E-state index in [0.29, 0.717) is 5.30 Å². The lowest BCUT2D eigenvalue weighted by atomic mass is 9.95. The minimum absolute atomic E-state index is 0.00962. The lowest BCUT2D eigenvalue weighted by Gasteiger charge is -2.37. The van der Waals surface area contributed by atoms with Crippen LogP contribution in [0, 0.1) is 5.41 Å². The largest absolute Gasteiger partial charge is 0.340 e. The van der Waals surface area contributed by atoms with Crippen LogP contribution >= 0.6 is 7.37 Å². The van der Waals surface area contributed by atoms with Gasteiger partial charge >= 0.3 is 0 Å². The van der Waals surface area contributed by atoms with Crippen molar-refractivity contribution in [1.82, 2.24) is 5.32 Å². The zero-order chi connectivity index (χ0) is 17.1. The number of benzene rings is 2. The topological polar surface area (TPSA) is 49.3 Å². The molecule has 124 valence electrons. The van der Waals surface area contributed by atoms with E-state index in [2.05, 4.69) is 5.32 Å². The van der Waals surface area contributed by atoms with Gasteiger partial charge in [0, 0.05) is 11.3 Å². The van der Waals surface area contributed by atoms with Crippen LogP contribution in [0.1, 0.15) is 39.3 Å². The number of hydrogen-bond donors (Lipinski definition) is 2. The molecule has 23 heavy (non-hydrogen) atoms. The second-order valence-electron chi connectivity index (χ2n) is 7.03. The maximum atomic E-state index is 13.2. The molecule has 2 N–H and O–H groups in total. The van der Waals surface area contributed by atoms with Gasteiger partial charge in [-0.05, 0) is 30.0 Å². The molecule has 0 saturated carbocycles. The average Bonchev–Trinajstić information content (AvgIpc) is 2.53. The molecular formula is C19H26NO2P. The van der Waals surface area contributed by atoms with E-state index < -0.39 is 13.2 Å². The molecule has 4 heteroatoms. The van der Waals surface area contributed by atoms with Crippen LogP contribution in [0.2, 0.25) is 0 Å². The molecule has 0 saturated heterocycles. The van der Waals surface area contributed by atoms with Crippen molar-refractivity contribution in [3.8, 4) is 0 Å². The lowest BCUT2D eigenvalue weighted by molar-refractivity contribution is 0.297. The maximum Gasteiger partial charge on any atom is 0.246 e. The van der Waals surface area contributed by atoms with Crippen molar-refractivity contribution in [2.75, 3.05) is 0 Å². The zero-order valence-electron chi connectivity index (χ0n) is 14.2. The molecular weight excluding hydrogens is 305 g/mol. The average molecular weight is 331 g/mol. The summed E-state index contributed by atoms with van der Waals surface area (Å²) < 4.78 is 13.2. The van der Waals surface area contributed by atoms with E-state index in [1.54, 1.807) is 24.3 Å². The summed E-state index contributed by atoms with van der Waals surface area (Å²) in [5.41, 5.74) is 0.748. The van der Waals surface area contributed by atoms with Crippen LogP contribution in [0.3, 0.4) is 0 Å². The number of rotatable bonds is 5. The van der Waals surface area contributed by atoms with Gasteiger partial charge < -0.3 is 4.89 Å². The van der Waals surface area contributed by atoms with Crippen LogP contribution in [0.4, 0.5) is 0 Å². The lowest BCUT2D eigenvalue weighted by Crippen LogP contribution is -2.43. The van der Waals surface area contributed by atoms with Crippen molar-refractivity contribution < 1.29 is 9.46 Å². The molecule has 0 spiro atoms. The van der Waals surface area contributed by atoms with E-state index in [1.165, 1.54) is 0 Å². The molecule has 3 atom stereocenters. The van der Waals surface area contributed by atoms with Crippen LogP contribution in [0.5, 0.6) is 0 Å². The normalized spacial score (nSPS) is 17.3. The first kappa shape index (κ1) is 17.9.